The van der Waals surface area contributed by atoms with Gasteiger partial charge in [-0.25, -0.2) is 0 Å². The minimum atomic E-state index is -0.179. The van der Waals surface area contributed by atoms with Crippen LogP contribution in [-0.2, 0) is 0 Å². The lowest BCUT2D eigenvalue weighted by atomic mass is 10.0. The van der Waals surface area contributed by atoms with E-state index in [1.165, 1.54) is 0 Å². The molecule has 0 aromatic heterocycles. The Balaban J connectivity index is 2.03. The highest BCUT2D eigenvalue weighted by Gasteiger charge is 2.13. The number of ether oxygens (including phenoxy) is 1. The maximum atomic E-state index is 12.0. The summed E-state index contributed by atoms with van der Waals surface area (Å²) >= 11 is 0. The number of hydrogen-bond acceptors (Lipinski definition) is 3. The molecule has 0 aliphatic carbocycles. The van der Waals surface area contributed by atoms with Crippen LogP contribution in [0.1, 0.15) is 34.1 Å². The Morgan fingerprint density at radius 3 is 1.95 bits per heavy atom. The van der Waals surface area contributed by atoms with Crippen LogP contribution in [0.25, 0.3) is 0 Å². The quantitative estimate of drug-likeness (QED) is 0.594. The first kappa shape index (κ1) is 14.0. The van der Waals surface area contributed by atoms with Crippen molar-refractivity contribution in [1.82, 2.24) is 0 Å². The van der Waals surface area contributed by atoms with E-state index < -0.39 is 0 Å². The molecule has 0 bridgehead atoms. The van der Waals surface area contributed by atoms with E-state index in [1.54, 1.807) is 48.5 Å². The van der Waals surface area contributed by atoms with Gasteiger partial charge in [0.05, 0.1) is 13.0 Å². The van der Waals surface area contributed by atoms with E-state index in [4.69, 9.17) is 4.74 Å². The summed E-state index contributed by atoms with van der Waals surface area (Å²) in [5.41, 5.74) is 1.09. The second-order valence-corrected chi connectivity index (χ2v) is 4.35. The molecule has 0 fully saturated rings. The molecule has 0 aliphatic heterocycles. The van der Waals surface area contributed by atoms with E-state index in [-0.39, 0.29) is 18.0 Å². The van der Waals surface area contributed by atoms with Gasteiger partial charge in [0.15, 0.2) is 11.6 Å². The molecular weight excluding hydrogens is 252 g/mol. The highest BCUT2D eigenvalue weighted by Crippen LogP contribution is 2.14. The number of hydrogen-bond donors (Lipinski definition) is 0. The minimum absolute atomic E-state index is 0.113. The first-order valence-electron chi connectivity index (χ1n) is 6.55. The Hall–Kier alpha value is -2.42. The first-order chi connectivity index (χ1) is 9.70. The van der Waals surface area contributed by atoms with E-state index in [9.17, 15) is 9.59 Å². The van der Waals surface area contributed by atoms with Gasteiger partial charge in [0.25, 0.3) is 0 Å². The van der Waals surface area contributed by atoms with Crippen LogP contribution in [0.5, 0.6) is 5.75 Å². The van der Waals surface area contributed by atoms with Crippen molar-refractivity contribution in [3.8, 4) is 5.75 Å². The number of Topliss-reactive ketones (excluding diaryl/α,β-unsaturated/α-hetero) is 2. The Labute approximate surface area is 118 Å². The van der Waals surface area contributed by atoms with Crippen molar-refractivity contribution >= 4 is 11.6 Å². The summed E-state index contributed by atoms with van der Waals surface area (Å²) in [5.74, 6) is 0.379. The van der Waals surface area contributed by atoms with Crippen LogP contribution in [0.3, 0.4) is 0 Å². The molecule has 0 amide bonds. The van der Waals surface area contributed by atoms with Crippen molar-refractivity contribution in [2.24, 2.45) is 0 Å². The third-order valence-electron chi connectivity index (χ3n) is 2.90. The molecule has 0 unspecified atom stereocenters. The first-order valence-corrected chi connectivity index (χ1v) is 6.55. The van der Waals surface area contributed by atoms with Crippen LogP contribution in [-0.4, -0.2) is 18.2 Å². The van der Waals surface area contributed by atoms with Gasteiger partial charge in [-0.05, 0) is 31.2 Å². The standard InChI is InChI=1S/C17H16O3/c1-2-20-15-10-8-14(9-11-15)17(19)12-16(18)13-6-4-3-5-7-13/h3-11H,2,12H2,1H3. The van der Waals surface area contributed by atoms with E-state index in [0.717, 1.165) is 5.75 Å². The van der Waals surface area contributed by atoms with Crippen LogP contribution < -0.4 is 4.74 Å². The molecule has 0 spiro atoms. The second-order valence-electron chi connectivity index (χ2n) is 4.35. The van der Waals surface area contributed by atoms with Crippen LogP contribution in [0, 0.1) is 0 Å². The average molecular weight is 268 g/mol. The molecule has 20 heavy (non-hydrogen) atoms. The summed E-state index contributed by atoms with van der Waals surface area (Å²) in [7, 11) is 0. The molecule has 2 rings (SSSR count). The van der Waals surface area contributed by atoms with Crippen molar-refractivity contribution in [3.63, 3.8) is 0 Å². The fourth-order valence-corrected chi connectivity index (χ4v) is 1.88. The molecule has 0 radical (unpaired) electrons. The Bertz CT molecular complexity index is 585. The smallest absolute Gasteiger partial charge is 0.170 e. The molecule has 3 heteroatoms. The molecule has 0 atom stereocenters. The van der Waals surface area contributed by atoms with Gasteiger partial charge in [0.1, 0.15) is 5.75 Å². The zero-order chi connectivity index (χ0) is 14.4. The summed E-state index contributed by atoms with van der Waals surface area (Å²) in [6.07, 6.45) is -0.113. The molecule has 0 saturated carbocycles. The van der Waals surface area contributed by atoms with Crippen LogP contribution in [0.4, 0.5) is 0 Å². The number of ketones is 2. The van der Waals surface area contributed by atoms with Gasteiger partial charge in [0.2, 0.25) is 0 Å². The molecular formula is C17H16O3. The van der Waals surface area contributed by atoms with Gasteiger partial charge in [-0.1, -0.05) is 30.3 Å². The highest BCUT2D eigenvalue weighted by atomic mass is 16.5. The Morgan fingerprint density at radius 2 is 1.40 bits per heavy atom. The van der Waals surface area contributed by atoms with Gasteiger partial charge in [-0.15, -0.1) is 0 Å². The van der Waals surface area contributed by atoms with Crippen molar-refractivity contribution in [3.05, 3.63) is 65.7 Å². The lowest BCUT2D eigenvalue weighted by Gasteiger charge is -2.04. The van der Waals surface area contributed by atoms with Crippen molar-refractivity contribution in [2.75, 3.05) is 6.61 Å². The van der Waals surface area contributed by atoms with Crippen LogP contribution in [0.2, 0.25) is 0 Å². The lowest BCUT2D eigenvalue weighted by Crippen LogP contribution is -2.08. The summed E-state index contributed by atoms with van der Waals surface area (Å²) in [6, 6.07) is 15.7. The fourth-order valence-electron chi connectivity index (χ4n) is 1.88. The summed E-state index contributed by atoms with van der Waals surface area (Å²) in [5, 5.41) is 0. The van der Waals surface area contributed by atoms with Crippen LogP contribution in [0.15, 0.2) is 54.6 Å². The number of rotatable bonds is 6. The van der Waals surface area contributed by atoms with E-state index in [1.807, 2.05) is 13.0 Å². The third-order valence-corrected chi connectivity index (χ3v) is 2.90. The predicted molar refractivity (Wildman–Crippen MR) is 77.3 cm³/mol. The zero-order valence-corrected chi connectivity index (χ0v) is 11.3. The Kier molecular flexibility index (Phi) is 4.66. The van der Waals surface area contributed by atoms with E-state index in [2.05, 4.69) is 0 Å². The van der Waals surface area contributed by atoms with Gasteiger partial charge in [-0.2, -0.15) is 0 Å². The van der Waals surface area contributed by atoms with Gasteiger partial charge >= 0.3 is 0 Å². The van der Waals surface area contributed by atoms with Gasteiger partial charge in [-0.3, -0.25) is 9.59 Å². The fraction of sp³-hybridized carbons (Fsp3) is 0.176. The minimum Gasteiger partial charge on any atom is -0.494 e. The summed E-state index contributed by atoms with van der Waals surface area (Å²) < 4.78 is 5.31. The molecule has 0 heterocycles. The van der Waals surface area contributed by atoms with Crippen molar-refractivity contribution < 1.29 is 14.3 Å². The molecule has 0 aliphatic rings. The normalized spacial score (nSPS) is 10.1. The molecule has 0 saturated heterocycles. The Morgan fingerprint density at radius 1 is 0.850 bits per heavy atom. The summed E-state index contributed by atoms with van der Waals surface area (Å²) in [4.78, 5) is 24.0. The summed E-state index contributed by atoms with van der Waals surface area (Å²) in [6.45, 7) is 2.48. The maximum Gasteiger partial charge on any atom is 0.170 e. The highest BCUT2D eigenvalue weighted by molar-refractivity contribution is 6.13. The maximum absolute atomic E-state index is 12.0. The lowest BCUT2D eigenvalue weighted by molar-refractivity contribution is 0.0894. The molecule has 0 N–H and O–H groups in total. The SMILES string of the molecule is CCOc1ccc(C(=O)CC(=O)c2ccccc2)cc1. The van der Waals surface area contributed by atoms with E-state index >= 15 is 0 Å². The van der Waals surface area contributed by atoms with Crippen molar-refractivity contribution in [2.45, 2.75) is 13.3 Å². The molecule has 102 valence electrons. The van der Waals surface area contributed by atoms with Gasteiger partial charge in [0, 0.05) is 11.1 Å². The topological polar surface area (TPSA) is 43.4 Å². The average Bonchev–Trinajstić information content (AvgIpc) is 2.49. The zero-order valence-electron chi connectivity index (χ0n) is 11.3. The number of benzene rings is 2. The van der Waals surface area contributed by atoms with Crippen LogP contribution >= 0.6 is 0 Å². The van der Waals surface area contributed by atoms with Gasteiger partial charge < -0.3 is 4.74 Å². The largest absolute Gasteiger partial charge is 0.494 e. The number of carbonyl (C=O) groups excluding carboxylic acids is 2. The molecule has 3 nitrogen and oxygen atoms in total. The van der Waals surface area contributed by atoms with Crippen molar-refractivity contribution in [1.29, 1.82) is 0 Å². The molecule has 2 aromatic carbocycles. The monoisotopic (exact) mass is 268 g/mol. The second kappa shape index (κ2) is 6.66. The number of carbonyl (C=O) groups is 2. The predicted octanol–water partition coefficient (Wildman–Crippen LogP) is 3.54. The third kappa shape index (κ3) is 3.54. The molecule has 2 aromatic rings. The van der Waals surface area contributed by atoms with E-state index in [0.29, 0.717) is 17.7 Å².